The predicted octanol–water partition coefficient (Wildman–Crippen LogP) is 3.68. The Morgan fingerprint density at radius 1 is 1.00 bits per heavy atom. The van der Waals surface area contributed by atoms with Gasteiger partial charge in [-0.15, -0.1) is 0 Å². The Hall–Kier alpha value is -2.42. The Morgan fingerprint density at radius 2 is 1.83 bits per heavy atom. The minimum Gasteiger partial charge on any atom is -0.325 e. The minimum absolute atomic E-state index is 0.809. The van der Waals surface area contributed by atoms with Gasteiger partial charge in [-0.25, -0.2) is 9.97 Å². The highest BCUT2D eigenvalue weighted by molar-refractivity contribution is 5.82. The first-order valence-corrected chi connectivity index (χ1v) is 5.87. The van der Waals surface area contributed by atoms with Crippen LogP contribution in [0.5, 0.6) is 0 Å². The van der Waals surface area contributed by atoms with Crippen molar-refractivity contribution in [2.24, 2.45) is 0 Å². The fourth-order valence-electron chi connectivity index (χ4n) is 1.91. The molecule has 0 bridgehead atoms. The number of hydrogen-bond acceptors (Lipinski definition) is 3. The van der Waals surface area contributed by atoms with Crippen molar-refractivity contribution in [1.82, 2.24) is 9.97 Å². The van der Waals surface area contributed by atoms with Crippen LogP contribution in [0.25, 0.3) is 10.9 Å². The van der Waals surface area contributed by atoms with Crippen LogP contribution in [-0.4, -0.2) is 9.97 Å². The summed E-state index contributed by atoms with van der Waals surface area (Å²) in [6.45, 7) is 2.05. The van der Waals surface area contributed by atoms with Gasteiger partial charge in [0.25, 0.3) is 0 Å². The molecule has 0 aliphatic heterocycles. The van der Waals surface area contributed by atoms with E-state index in [1.54, 1.807) is 6.20 Å². The number of rotatable bonds is 2. The van der Waals surface area contributed by atoms with Gasteiger partial charge in [0.2, 0.25) is 0 Å². The number of hydrogen-bond donors (Lipinski definition) is 1. The topological polar surface area (TPSA) is 37.8 Å². The van der Waals surface area contributed by atoms with Gasteiger partial charge in [-0.3, -0.25) is 0 Å². The zero-order valence-electron chi connectivity index (χ0n) is 10.1. The van der Waals surface area contributed by atoms with Crippen molar-refractivity contribution in [1.29, 1.82) is 0 Å². The van der Waals surface area contributed by atoms with Crippen molar-refractivity contribution in [2.45, 2.75) is 6.92 Å². The summed E-state index contributed by atoms with van der Waals surface area (Å²) in [5.74, 6) is 1.66. The summed E-state index contributed by atoms with van der Waals surface area (Å²) in [7, 11) is 0. The summed E-state index contributed by atoms with van der Waals surface area (Å²) in [4.78, 5) is 8.86. The lowest BCUT2D eigenvalue weighted by Crippen LogP contribution is -1.98. The van der Waals surface area contributed by atoms with Crippen LogP contribution in [0, 0.1) is 6.92 Å². The molecule has 0 unspecified atom stereocenters. The number of aromatic nitrogens is 2. The van der Waals surface area contributed by atoms with Crippen LogP contribution >= 0.6 is 0 Å². The molecular weight excluding hydrogens is 222 g/mol. The average Bonchev–Trinajstić information content (AvgIpc) is 2.41. The molecule has 88 valence electrons. The molecule has 0 radical (unpaired) electrons. The second-order valence-corrected chi connectivity index (χ2v) is 4.19. The van der Waals surface area contributed by atoms with Gasteiger partial charge in [0.05, 0.1) is 5.52 Å². The minimum atomic E-state index is 0.809. The first kappa shape index (κ1) is 10.7. The third-order valence-corrected chi connectivity index (χ3v) is 2.83. The Morgan fingerprint density at radius 3 is 2.67 bits per heavy atom. The molecule has 0 saturated heterocycles. The Bertz CT molecular complexity index is 678. The van der Waals surface area contributed by atoms with E-state index in [1.165, 1.54) is 0 Å². The largest absolute Gasteiger partial charge is 0.325 e. The van der Waals surface area contributed by atoms with E-state index in [9.17, 15) is 0 Å². The van der Waals surface area contributed by atoms with E-state index in [0.717, 1.165) is 28.1 Å². The average molecular weight is 235 g/mol. The van der Waals surface area contributed by atoms with Gasteiger partial charge >= 0.3 is 0 Å². The summed E-state index contributed by atoms with van der Waals surface area (Å²) in [6.07, 6.45) is 1.76. The summed E-state index contributed by atoms with van der Waals surface area (Å²) < 4.78 is 0. The number of pyridine rings is 2. The van der Waals surface area contributed by atoms with E-state index in [1.807, 2.05) is 43.3 Å². The maximum atomic E-state index is 4.62. The number of anilines is 2. The van der Waals surface area contributed by atoms with Crippen molar-refractivity contribution in [3.8, 4) is 0 Å². The molecule has 3 aromatic rings. The van der Waals surface area contributed by atoms with Crippen LogP contribution in [0.15, 0.2) is 54.7 Å². The van der Waals surface area contributed by atoms with E-state index in [-0.39, 0.29) is 0 Å². The first-order chi connectivity index (χ1) is 8.83. The molecule has 0 fully saturated rings. The number of para-hydroxylation sites is 1. The number of nitrogens with one attached hydrogen (secondary N) is 1. The lowest BCUT2D eigenvalue weighted by molar-refractivity contribution is 1.25. The van der Waals surface area contributed by atoms with Crippen LogP contribution in [0.3, 0.4) is 0 Å². The zero-order chi connectivity index (χ0) is 12.4. The molecule has 1 N–H and O–H groups in total. The Kier molecular flexibility index (Phi) is 2.65. The first-order valence-electron chi connectivity index (χ1n) is 5.87. The number of fused-ring (bicyclic) bond motifs is 1. The molecule has 3 heteroatoms. The monoisotopic (exact) mass is 235 g/mol. The quantitative estimate of drug-likeness (QED) is 0.736. The van der Waals surface area contributed by atoms with Crippen molar-refractivity contribution in [3.05, 3.63) is 60.3 Å². The third-order valence-electron chi connectivity index (χ3n) is 2.83. The summed E-state index contributed by atoms with van der Waals surface area (Å²) in [6, 6.07) is 16.0. The maximum Gasteiger partial charge on any atom is 0.135 e. The number of benzene rings is 1. The lowest BCUT2D eigenvalue weighted by atomic mass is 10.1. The summed E-state index contributed by atoms with van der Waals surface area (Å²) in [5, 5.41) is 4.40. The number of aryl methyl sites for hydroxylation is 1. The fourth-order valence-corrected chi connectivity index (χ4v) is 1.91. The second kappa shape index (κ2) is 4.45. The molecule has 0 aliphatic carbocycles. The third kappa shape index (κ3) is 2.02. The molecule has 3 rings (SSSR count). The molecule has 3 nitrogen and oxygen atoms in total. The molecule has 0 aliphatic rings. The highest BCUT2D eigenvalue weighted by atomic mass is 15.1. The van der Waals surface area contributed by atoms with Gasteiger partial charge in [-0.1, -0.05) is 24.3 Å². The van der Waals surface area contributed by atoms with E-state index in [4.69, 9.17) is 0 Å². The number of nitrogens with zero attached hydrogens (tertiary/aromatic N) is 2. The highest BCUT2D eigenvalue weighted by Gasteiger charge is 2.03. The van der Waals surface area contributed by atoms with Crippen molar-refractivity contribution in [2.75, 3.05) is 5.32 Å². The molecule has 1 aromatic carbocycles. The zero-order valence-corrected chi connectivity index (χ0v) is 10.1. The highest BCUT2D eigenvalue weighted by Crippen LogP contribution is 2.21. The molecule has 0 saturated carbocycles. The van der Waals surface area contributed by atoms with Gasteiger partial charge in [0.1, 0.15) is 11.6 Å². The molecule has 0 spiro atoms. The predicted molar refractivity (Wildman–Crippen MR) is 74.0 cm³/mol. The standard InChI is InChI=1S/C15H13N3/c1-11-10-12-6-2-3-7-13(12)17-15(11)18-14-8-4-5-9-16-14/h2-10H,1H3,(H,16,17,18). The van der Waals surface area contributed by atoms with Gasteiger partial charge in [-0.2, -0.15) is 0 Å². The van der Waals surface area contributed by atoms with Gasteiger partial charge in [-0.05, 0) is 36.8 Å². The van der Waals surface area contributed by atoms with Crippen LogP contribution in [0.4, 0.5) is 11.6 Å². The molecule has 2 aromatic heterocycles. The summed E-state index contributed by atoms with van der Waals surface area (Å²) >= 11 is 0. The SMILES string of the molecule is Cc1cc2ccccc2nc1Nc1ccccn1. The molecule has 0 atom stereocenters. The van der Waals surface area contributed by atoms with Crippen molar-refractivity contribution < 1.29 is 0 Å². The van der Waals surface area contributed by atoms with Crippen LogP contribution in [0.2, 0.25) is 0 Å². The smallest absolute Gasteiger partial charge is 0.135 e. The van der Waals surface area contributed by atoms with E-state index in [2.05, 4.69) is 27.4 Å². The molecule has 0 amide bonds. The van der Waals surface area contributed by atoms with Crippen molar-refractivity contribution in [3.63, 3.8) is 0 Å². The molecule has 2 heterocycles. The van der Waals surface area contributed by atoms with Crippen LogP contribution < -0.4 is 5.32 Å². The van der Waals surface area contributed by atoms with E-state index < -0.39 is 0 Å². The van der Waals surface area contributed by atoms with Gasteiger partial charge < -0.3 is 5.32 Å². The van der Waals surface area contributed by atoms with Gasteiger partial charge in [0, 0.05) is 11.6 Å². The second-order valence-electron chi connectivity index (χ2n) is 4.19. The normalized spacial score (nSPS) is 10.5. The lowest BCUT2D eigenvalue weighted by Gasteiger charge is -2.09. The molecule has 18 heavy (non-hydrogen) atoms. The van der Waals surface area contributed by atoms with Crippen LogP contribution in [0.1, 0.15) is 5.56 Å². The van der Waals surface area contributed by atoms with Gasteiger partial charge in [0.15, 0.2) is 0 Å². The van der Waals surface area contributed by atoms with E-state index >= 15 is 0 Å². The van der Waals surface area contributed by atoms with Crippen molar-refractivity contribution >= 4 is 22.5 Å². The van der Waals surface area contributed by atoms with Crippen LogP contribution in [-0.2, 0) is 0 Å². The fraction of sp³-hybridized carbons (Fsp3) is 0.0667. The Labute approximate surface area is 106 Å². The summed E-state index contributed by atoms with van der Waals surface area (Å²) in [5.41, 5.74) is 2.10. The van der Waals surface area contributed by atoms with E-state index in [0.29, 0.717) is 0 Å². The maximum absolute atomic E-state index is 4.62. The molecular formula is C15H13N3. The Balaban J connectivity index is 2.04.